The van der Waals surface area contributed by atoms with Crippen LogP contribution in [0.3, 0.4) is 0 Å². The molecule has 0 atom stereocenters. The Balaban J connectivity index is 1.67. The van der Waals surface area contributed by atoms with Gasteiger partial charge in [-0.05, 0) is 62.7 Å². The van der Waals surface area contributed by atoms with Crippen LogP contribution in [-0.4, -0.2) is 35.9 Å². The number of benzene rings is 1. The van der Waals surface area contributed by atoms with Crippen LogP contribution in [0.25, 0.3) is 10.9 Å². The average Bonchev–Trinajstić information content (AvgIpc) is 2.89. The summed E-state index contributed by atoms with van der Waals surface area (Å²) in [4.78, 5) is 3.09. The molecule has 0 aliphatic heterocycles. The maximum atomic E-state index is 13.2. The second kappa shape index (κ2) is 8.84. The lowest BCUT2D eigenvalue weighted by Crippen LogP contribution is -2.37. The first kappa shape index (κ1) is 17.7. The van der Waals surface area contributed by atoms with E-state index in [4.69, 9.17) is 17.0 Å². The van der Waals surface area contributed by atoms with Crippen molar-refractivity contribution < 1.29 is 9.13 Å². The lowest BCUT2D eigenvalue weighted by molar-refractivity contribution is 0.0777. The number of thiocarbonyl (C=S) groups is 1. The topological polar surface area (TPSA) is 49.1 Å². The van der Waals surface area contributed by atoms with Crippen molar-refractivity contribution in [3.8, 4) is 0 Å². The van der Waals surface area contributed by atoms with Crippen molar-refractivity contribution in [1.29, 1.82) is 0 Å². The van der Waals surface area contributed by atoms with Gasteiger partial charge in [0.15, 0.2) is 5.11 Å². The largest absolute Gasteiger partial charge is 0.379 e. The predicted molar refractivity (Wildman–Crippen MR) is 96.3 cm³/mol. The fraction of sp³-hybridized carbons (Fsp3) is 0.471. The minimum Gasteiger partial charge on any atom is -0.379 e. The summed E-state index contributed by atoms with van der Waals surface area (Å²) in [7, 11) is 0. The van der Waals surface area contributed by atoms with Crippen LogP contribution in [0.2, 0.25) is 0 Å². The molecule has 2 rings (SSSR count). The Labute approximate surface area is 141 Å². The third kappa shape index (κ3) is 5.80. The summed E-state index contributed by atoms with van der Waals surface area (Å²) < 4.78 is 18.6. The van der Waals surface area contributed by atoms with E-state index in [0.717, 1.165) is 49.0 Å². The van der Waals surface area contributed by atoms with Gasteiger partial charge in [0.25, 0.3) is 0 Å². The molecule has 3 N–H and O–H groups in total. The summed E-state index contributed by atoms with van der Waals surface area (Å²) in [5, 5.41) is 8.06. The van der Waals surface area contributed by atoms with Crippen LogP contribution in [0, 0.1) is 5.82 Å². The van der Waals surface area contributed by atoms with E-state index in [0.29, 0.717) is 5.11 Å². The summed E-state index contributed by atoms with van der Waals surface area (Å²) in [6.45, 7) is 6.32. The van der Waals surface area contributed by atoms with Crippen LogP contribution < -0.4 is 10.6 Å². The molecule has 1 aromatic carbocycles. The lowest BCUT2D eigenvalue weighted by atomic mass is 10.1. The van der Waals surface area contributed by atoms with Gasteiger partial charge in [-0.3, -0.25) is 0 Å². The molecular formula is C17H24FN3OS. The van der Waals surface area contributed by atoms with Crippen LogP contribution in [0.5, 0.6) is 0 Å². The number of nitrogens with one attached hydrogen (secondary N) is 3. The van der Waals surface area contributed by atoms with Crippen molar-refractivity contribution in [2.75, 3.05) is 19.7 Å². The maximum Gasteiger partial charge on any atom is 0.166 e. The van der Waals surface area contributed by atoms with Crippen molar-refractivity contribution in [1.82, 2.24) is 15.6 Å². The molecule has 6 heteroatoms. The third-order valence-corrected chi connectivity index (χ3v) is 3.76. The van der Waals surface area contributed by atoms with Crippen molar-refractivity contribution in [3.63, 3.8) is 0 Å². The zero-order valence-electron chi connectivity index (χ0n) is 13.6. The van der Waals surface area contributed by atoms with E-state index in [1.807, 2.05) is 26.1 Å². The van der Waals surface area contributed by atoms with Crippen molar-refractivity contribution in [2.45, 2.75) is 32.8 Å². The van der Waals surface area contributed by atoms with Gasteiger partial charge in [0.1, 0.15) is 5.82 Å². The van der Waals surface area contributed by atoms with E-state index in [2.05, 4.69) is 15.6 Å². The summed E-state index contributed by atoms with van der Waals surface area (Å²) in [5.41, 5.74) is 1.98. The van der Waals surface area contributed by atoms with Gasteiger partial charge in [-0.1, -0.05) is 0 Å². The number of hydrogen-bond donors (Lipinski definition) is 3. The Kier molecular flexibility index (Phi) is 6.80. The van der Waals surface area contributed by atoms with Gasteiger partial charge in [-0.2, -0.15) is 0 Å². The molecule has 0 bridgehead atoms. The Hall–Kier alpha value is -1.66. The molecule has 23 heavy (non-hydrogen) atoms. The van der Waals surface area contributed by atoms with Gasteiger partial charge in [-0.15, -0.1) is 0 Å². The molecule has 0 saturated carbocycles. The minimum atomic E-state index is -0.226. The highest BCUT2D eigenvalue weighted by molar-refractivity contribution is 7.80. The number of fused-ring (bicyclic) bond motifs is 1. The fourth-order valence-electron chi connectivity index (χ4n) is 2.33. The summed E-state index contributed by atoms with van der Waals surface area (Å²) in [6.07, 6.45) is 3.94. The number of aromatic nitrogens is 1. The molecule has 4 nitrogen and oxygen atoms in total. The monoisotopic (exact) mass is 337 g/mol. The molecule has 1 heterocycles. The molecule has 1 aromatic heterocycles. The molecule has 2 aromatic rings. The summed E-state index contributed by atoms with van der Waals surface area (Å²) in [6, 6.07) is 4.80. The Bertz CT molecular complexity index is 642. The van der Waals surface area contributed by atoms with Gasteiger partial charge in [-0.25, -0.2) is 4.39 Å². The quantitative estimate of drug-likeness (QED) is 0.512. The molecule has 0 fully saturated rings. The first-order valence-electron chi connectivity index (χ1n) is 7.95. The molecular weight excluding hydrogens is 313 g/mol. The van der Waals surface area contributed by atoms with Gasteiger partial charge < -0.3 is 20.4 Å². The van der Waals surface area contributed by atoms with Gasteiger partial charge in [0.2, 0.25) is 0 Å². The van der Waals surface area contributed by atoms with Crippen molar-refractivity contribution in [3.05, 3.63) is 35.8 Å². The minimum absolute atomic E-state index is 0.226. The zero-order chi connectivity index (χ0) is 16.7. The Morgan fingerprint density at radius 2 is 2.09 bits per heavy atom. The lowest BCUT2D eigenvalue weighted by Gasteiger charge is -2.11. The molecule has 0 aliphatic carbocycles. The molecule has 0 unspecified atom stereocenters. The fourth-order valence-corrected chi connectivity index (χ4v) is 2.54. The van der Waals surface area contributed by atoms with E-state index in [9.17, 15) is 4.39 Å². The van der Waals surface area contributed by atoms with Crippen molar-refractivity contribution >= 4 is 28.2 Å². The number of H-pyrrole nitrogens is 1. The molecule has 0 saturated heterocycles. The van der Waals surface area contributed by atoms with E-state index in [1.165, 1.54) is 12.1 Å². The van der Waals surface area contributed by atoms with E-state index in [-0.39, 0.29) is 11.9 Å². The molecule has 0 spiro atoms. The number of hydrogen-bond acceptors (Lipinski definition) is 2. The van der Waals surface area contributed by atoms with Crippen LogP contribution in [0.1, 0.15) is 25.8 Å². The average molecular weight is 337 g/mol. The van der Waals surface area contributed by atoms with E-state index in [1.54, 1.807) is 0 Å². The normalized spacial score (nSPS) is 11.1. The van der Waals surface area contributed by atoms with Crippen LogP contribution in [0.15, 0.2) is 24.4 Å². The number of halogens is 1. The molecule has 126 valence electrons. The second-order valence-electron chi connectivity index (χ2n) is 5.71. The zero-order valence-corrected chi connectivity index (χ0v) is 14.4. The highest BCUT2D eigenvalue weighted by atomic mass is 32.1. The predicted octanol–water partition coefficient (Wildman–Crippen LogP) is 3.13. The first-order valence-corrected chi connectivity index (χ1v) is 8.36. The van der Waals surface area contributed by atoms with Gasteiger partial charge in [0.05, 0.1) is 6.10 Å². The smallest absolute Gasteiger partial charge is 0.166 e. The number of rotatable bonds is 8. The number of aromatic amines is 1. The Morgan fingerprint density at radius 3 is 2.87 bits per heavy atom. The highest BCUT2D eigenvalue weighted by Crippen LogP contribution is 2.19. The summed E-state index contributed by atoms with van der Waals surface area (Å²) >= 11 is 5.24. The standard InChI is InChI=1S/C17H24FN3OS/c1-12(2)22-9-3-7-19-17(23)20-8-6-13-11-21-16-10-14(18)4-5-15(13)16/h4-5,10-12,21H,3,6-9H2,1-2H3,(H2,19,20,23). The third-order valence-electron chi connectivity index (χ3n) is 3.47. The van der Waals surface area contributed by atoms with Crippen LogP contribution >= 0.6 is 12.2 Å². The number of ether oxygens (including phenoxy) is 1. The highest BCUT2D eigenvalue weighted by Gasteiger charge is 2.04. The second-order valence-corrected chi connectivity index (χ2v) is 6.12. The molecule has 0 radical (unpaired) electrons. The van der Waals surface area contributed by atoms with Crippen LogP contribution in [0.4, 0.5) is 4.39 Å². The maximum absolute atomic E-state index is 13.2. The molecule has 0 amide bonds. The summed E-state index contributed by atoms with van der Waals surface area (Å²) in [5.74, 6) is -0.226. The Morgan fingerprint density at radius 1 is 1.30 bits per heavy atom. The SMILES string of the molecule is CC(C)OCCCNC(=S)NCCc1c[nH]c2cc(F)ccc12. The van der Waals surface area contributed by atoms with Gasteiger partial charge >= 0.3 is 0 Å². The van der Waals surface area contributed by atoms with Crippen molar-refractivity contribution in [2.24, 2.45) is 0 Å². The first-order chi connectivity index (χ1) is 11.1. The van der Waals surface area contributed by atoms with Crippen LogP contribution in [-0.2, 0) is 11.2 Å². The van der Waals surface area contributed by atoms with E-state index >= 15 is 0 Å². The van der Waals surface area contributed by atoms with Gasteiger partial charge in [0, 0.05) is 36.8 Å². The molecule has 0 aliphatic rings. The van der Waals surface area contributed by atoms with E-state index < -0.39 is 0 Å².